The van der Waals surface area contributed by atoms with Gasteiger partial charge < -0.3 is 47.7 Å². The average Bonchev–Trinajstić information content (AvgIpc) is 3.08. The fourth-order valence-corrected chi connectivity index (χ4v) is 4.73. The van der Waals surface area contributed by atoms with E-state index in [9.17, 15) is 5.11 Å². The van der Waals surface area contributed by atoms with Crippen LogP contribution >= 0.6 is 0 Å². The number of unbranched alkanes of at least 4 members (excludes halogenated alkanes) is 7. The molecule has 0 bridgehead atoms. The van der Waals surface area contributed by atoms with Gasteiger partial charge in [0.25, 0.3) is 0 Å². The van der Waals surface area contributed by atoms with Gasteiger partial charge in [0.2, 0.25) is 0 Å². The third-order valence-electron chi connectivity index (χ3n) is 7.24. The molecule has 46 heavy (non-hydrogen) atoms. The van der Waals surface area contributed by atoms with Crippen LogP contribution in [0.5, 0.6) is 23.0 Å². The SMILES string of the molecule is CCCCCCCCCCOc1cc(CO)cc(OCCOCCOCCOCCOCCOC)c1-c1cc(OC)cc(OC)c1. The van der Waals surface area contributed by atoms with Crippen molar-refractivity contribution in [2.75, 3.05) is 94.0 Å². The number of hydrogen-bond acceptors (Lipinski definition) is 10. The van der Waals surface area contributed by atoms with Gasteiger partial charge in [-0.25, -0.2) is 0 Å². The van der Waals surface area contributed by atoms with E-state index in [0.717, 1.165) is 24.0 Å². The number of aliphatic hydroxyl groups excluding tert-OH is 1. The lowest BCUT2D eigenvalue weighted by atomic mass is 10.00. The van der Waals surface area contributed by atoms with E-state index in [2.05, 4.69) is 6.92 Å². The zero-order valence-corrected chi connectivity index (χ0v) is 28.7. The highest BCUT2D eigenvalue weighted by molar-refractivity contribution is 5.79. The van der Waals surface area contributed by atoms with Gasteiger partial charge in [0, 0.05) is 13.2 Å². The highest BCUT2D eigenvalue weighted by Crippen LogP contribution is 2.42. The van der Waals surface area contributed by atoms with Crippen molar-refractivity contribution in [1.82, 2.24) is 0 Å². The van der Waals surface area contributed by atoms with E-state index in [4.69, 9.17) is 42.6 Å². The van der Waals surface area contributed by atoms with E-state index in [1.54, 1.807) is 21.3 Å². The van der Waals surface area contributed by atoms with Crippen molar-refractivity contribution in [1.29, 1.82) is 0 Å². The fraction of sp³-hybridized carbons (Fsp3) is 0.667. The lowest BCUT2D eigenvalue weighted by Crippen LogP contribution is -2.14. The lowest BCUT2D eigenvalue weighted by Gasteiger charge is -2.19. The summed E-state index contributed by atoms with van der Waals surface area (Å²) in [7, 11) is 4.89. The predicted molar refractivity (Wildman–Crippen MR) is 180 cm³/mol. The molecule has 10 nitrogen and oxygen atoms in total. The number of hydrogen-bond donors (Lipinski definition) is 1. The Balaban J connectivity index is 1.92. The smallest absolute Gasteiger partial charge is 0.131 e. The average molecular weight is 651 g/mol. The first-order valence-corrected chi connectivity index (χ1v) is 16.7. The summed E-state index contributed by atoms with van der Waals surface area (Å²) in [6.07, 6.45) is 9.75. The number of rotatable bonds is 30. The molecule has 2 aromatic carbocycles. The van der Waals surface area contributed by atoms with Gasteiger partial charge in [-0.05, 0) is 41.8 Å². The van der Waals surface area contributed by atoms with Crippen LogP contribution in [0, 0.1) is 0 Å². The molecule has 0 saturated heterocycles. The molecule has 0 saturated carbocycles. The van der Waals surface area contributed by atoms with Crippen molar-refractivity contribution < 1.29 is 47.7 Å². The first kappa shape index (κ1) is 39.6. The predicted octanol–water partition coefficient (Wildman–Crippen LogP) is 6.47. The van der Waals surface area contributed by atoms with Crippen molar-refractivity contribution in [3.63, 3.8) is 0 Å². The molecule has 0 fully saturated rings. The summed E-state index contributed by atoms with van der Waals surface area (Å²) in [5, 5.41) is 10.0. The summed E-state index contributed by atoms with van der Waals surface area (Å²) in [6, 6.07) is 9.41. The summed E-state index contributed by atoms with van der Waals surface area (Å²) < 4.78 is 50.7. The Kier molecular flexibility index (Phi) is 22.8. The van der Waals surface area contributed by atoms with Crippen molar-refractivity contribution in [3.05, 3.63) is 35.9 Å². The summed E-state index contributed by atoms with van der Waals surface area (Å²) in [5.74, 6) is 2.56. The maximum atomic E-state index is 10.0. The van der Waals surface area contributed by atoms with Gasteiger partial charge in [-0.3, -0.25) is 0 Å². The Morgan fingerprint density at radius 1 is 0.500 bits per heavy atom. The van der Waals surface area contributed by atoms with Crippen LogP contribution < -0.4 is 18.9 Å². The minimum atomic E-state index is -0.134. The molecule has 0 aliphatic carbocycles. The van der Waals surface area contributed by atoms with Crippen LogP contribution in [0.2, 0.25) is 0 Å². The number of ether oxygens (including phenoxy) is 9. The highest BCUT2D eigenvalue weighted by atomic mass is 16.6. The summed E-state index contributed by atoms with van der Waals surface area (Å²) in [6.45, 7) is 7.45. The van der Waals surface area contributed by atoms with Gasteiger partial charge in [-0.2, -0.15) is 0 Å². The van der Waals surface area contributed by atoms with Crippen LogP contribution in [0.1, 0.15) is 63.9 Å². The minimum absolute atomic E-state index is 0.134. The minimum Gasteiger partial charge on any atom is -0.497 e. The molecule has 0 heterocycles. The Bertz CT molecular complexity index is 1010. The number of methoxy groups -OCH3 is 3. The highest BCUT2D eigenvalue weighted by Gasteiger charge is 2.18. The second kappa shape index (κ2) is 26.5. The zero-order valence-electron chi connectivity index (χ0n) is 28.7. The van der Waals surface area contributed by atoms with Crippen LogP contribution in [0.3, 0.4) is 0 Å². The van der Waals surface area contributed by atoms with Crippen molar-refractivity contribution >= 4 is 0 Å². The van der Waals surface area contributed by atoms with Crippen LogP contribution in [0.25, 0.3) is 11.1 Å². The topological polar surface area (TPSA) is 103 Å². The maximum absolute atomic E-state index is 10.0. The van der Waals surface area contributed by atoms with Crippen LogP contribution in [0.15, 0.2) is 30.3 Å². The monoisotopic (exact) mass is 650 g/mol. The van der Waals surface area contributed by atoms with Crippen molar-refractivity contribution in [3.8, 4) is 34.1 Å². The first-order valence-electron chi connectivity index (χ1n) is 16.7. The first-order chi connectivity index (χ1) is 22.7. The Hall–Kier alpha value is -2.60. The Morgan fingerprint density at radius 3 is 1.43 bits per heavy atom. The van der Waals surface area contributed by atoms with Crippen LogP contribution in [-0.4, -0.2) is 99.1 Å². The lowest BCUT2D eigenvalue weighted by molar-refractivity contribution is -0.00977. The molecule has 10 heteroatoms. The van der Waals surface area contributed by atoms with E-state index in [1.807, 2.05) is 30.3 Å². The van der Waals surface area contributed by atoms with Crippen LogP contribution in [-0.2, 0) is 30.3 Å². The van der Waals surface area contributed by atoms with E-state index >= 15 is 0 Å². The molecule has 2 aromatic rings. The molecule has 1 N–H and O–H groups in total. The molecule has 262 valence electrons. The van der Waals surface area contributed by atoms with Gasteiger partial charge in [0.1, 0.15) is 29.6 Å². The third-order valence-corrected chi connectivity index (χ3v) is 7.24. The van der Waals surface area contributed by atoms with Gasteiger partial charge in [-0.1, -0.05) is 51.9 Å². The summed E-state index contributed by atoms with van der Waals surface area (Å²) in [4.78, 5) is 0. The quantitative estimate of drug-likeness (QED) is 0.0946. The summed E-state index contributed by atoms with van der Waals surface area (Å²) in [5.41, 5.74) is 2.32. The molecule has 2 rings (SSSR count). The number of aliphatic hydroxyl groups is 1. The van der Waals surface area contributed by atoms with E-state index in [1.165, 1.54) is 38.5 Å². The molecule has 0 amide bonds. The molecule has 0 atom stereocenters. The van der Waals surface area contributed by atoms with E-state index in [0.29, 0.717) is 101 Å². The standard InChI is InChI=1S/C36H58O10/c1-5-6-7-8-9-10-11-12-13-45-34-24-30(29-37)25-35(36(34)31-26-32(39-3)28-33(27-31)40-4)46-23-22-44-21-20-43-19-18-42-17-16-41-15-14-38-2/h24-28,37H,5-23,29H2,1-4H3. The second-order valence-corrected chi connectivity index (χ2v) is 10.8. The van der Waals surface area contributed by atoms with E-state index < -0.39 is 0 Å². The number of benzene rings is 2. The maximum Gasteiger partial charge on any atom is 0.131 e. The molecule has 0 aromatic heterocycles. The van der Waals surface area contributed by atoms with Gasteiger partial charge in [-0.15, -0.1) is 0 Å². The molecular weight excluding hydrogens is 592 g/mol. The molecule has 0 aliphatic rings. The van der Waals surface area contributed by atoms with E-state index in [-0.39, 0.29) is 6.61 Å². The van der Waals surface area contributed by atoms with Gasteiger partial charge in [0.15, 0.2) is 0 Å². The molecule has 0 unspecified atom stereocenters. The molecular formula is C36H58O10. The Labute approximate surface area is 276 Å². The molecule has 0 spiro atoms. The van der Waals surface area contributed by atoms with Crippen molar-refractivity contribution in [2.24, 2.45) is 0 Å². The van der Waals surface area contributed by atoms with Crippen molar-refractivity contribution in [2.45, 2.75) is 64.9 Å². The normalized spacial score (nSPS) is 11.2. The summed E-state index contributed by atoms with van der Waals surface area (Å²) >= 11 is 0. The van der Waals surface area contributed by atoms with Crippen LogP contribution in [0.4, 0.5) is 0 Å². The van der Waals surface area contributed by atoms with Gasteiger partial charge >= 0.3 is 0 Å². The Morgan fingerprint density at radius 2 is 0.957 bits per heavy atom. The third kappa shape index (κ3) is 16.8. The molecule has 0 aliphatic heterocycles. The van der Waals surface area contributed by atoms with Gasteiger partial charge in [0.05, 0.1) is 92.5 Å². The largest absolute Gasteiger partial charge is 0.497 e. The molecule has 0 radical (unpaired) electrons. The second-order valence-electron chi connectivity index (χ2n) is 10.8. The fourth-order valence-electron chi connectivity index (χ4n) is 4.73. The zero-order chi connectivity index (χ0) is 33.1.